The lowest BCUT2D eigenvalue weighted by atomic mass is 10.1. The first-order chi connectivity index (χ1) is 11.2. The van der Waals surface area contributed by atoms with Crippen LogP contribution in [0.25, 0.3) is 0 Å². The molecular weight excluding hydrogens is 284 g/mol. The average molecular weight is 306 g/mol. The lowest BCUT2D eigenvalue weighted by molar-refractivity contribution is -0.122. The third kappa shape index (κ3) is 3.67. The Bertz CT molecular complexity index is 704. The topological polar surface area (TPSA) is 41.5 Å². The summed E-state index contributed by atoms with van der Waals surface area (Å²) in [5, 5.41) is 4.26. The molecule has 0 aliphatic heterocycles. The molecule has 2 aromatic rings. The third-order valence-electron chi connectivity index (χ3n) is 4.47. The molecule has 23 heavy (non-hydrogen) atoms. The third-order valence-corrected chi connectivity index (χ3v) is 4.47. The highest BCUT2D eigenvalue weighted by Gasteiger charge is 2.43. The number of benzene rings is 2. The van der Waals surface area contributed by atoms with E-state index in [1.807, 2.05) is 37.3 Å². The van der Waals surface area contributed by atoms with Crippen LogP contribution in [0, 0.1) is 5.92 Å². The average Bonchev–Trinajstić information content (AvgIpc) is 3.41. The van der Waals surface area contributed by atoms with Gasteiger partial charge in [0, 0.05) is 5.92 Å². The molecule has 1 aliphatic carbocycles. The predicted octanol–water partition coefficient (Wildman–Crippen LogP) is 3.89. The van der Waals surface area contributed by atoms with Crippen molar-refractivity contribution in [3.05, 3.63) is 71.3 Å². The molecule has 0 unspecified atom stereocenters. The Hall–Kier alpha value is -2.42. The second-order valence-electron chi connectivity index (χ2n) is 6.08. The summed E-state index contributed by atoms with van der Waals surface area (Å²) >= 11 is 0. The first kappa shape index (κ1) is 15.5. The molecule has 0 bridgehead atoms. The molecule has 0 saturated heterocycles. The zero-order valence-electron chi connectivity index (χ0n) is 13.6. The second kappa shape index (κ2) is 6.78. The molecule has 1 saturated carbocycles. The zero-order chi connectivity index (χ0) is 16.2. The highest BCUT2D eigenvalue weighted by Crippen LogP contribution is 2.47. The number of carbonyl (C=O) groups excluding carboxylic acids is 1. The van der Waals surface area contributed by atoms with E-state index >= 15 is 0 Å². The van der Waals surface area contributed by atoms with Crippen molar-refractivity contribution in [3.63, 3.8) is 0 Å². The Morgan fingerprint density at radius 3 is 2.48 bits per heavy atom. The summed E-state index contributed by atoms with van der Waals surface area (Å²) in [5.41, 5.74) is 7.13. The number of aryl methyl sites for hydroxylation is 1. The van der Waals surface area contributed by atoms with Gasteiger partial charge in [-0.3, -0.25) is 4.79 Å². The Kier molecular flexibility index (Phi) is 4.56. The minimum Gasteiger partial charge on any atom is -0.273 e. The van der Waals surface area contributed by atoms with E-state index in [-0.39, 0.29) is 11.8 Å². The maximum Gasteiger partial charge on any atom is 0.243 e. The molecule has 1 amide bonds. The number of hydrogen-bond donors (Lipinski definition) is 1. The number of rotatable bonds is 5. The fraction of sp³-hybridized carbons (Fsp3) is 0.300. The van der Waals surface area contributed by atoms with Crippen LogP contribution in [-0.2, 0) is 11.2 Å². The van der Waals surface area contributed by atoms with Crippen LogP contribution in [0.4, 0.5) is 0 Å². The van der Waals surface area contributed by atoms with Crippen LogP contribution < -0.4 is 5.43 Å². The summed E-state index contributed by atoms with van der Waals surface area (Å²) in [6.45, 7) is 4.05. The zero-order valence-corrected chi connectivity index (χ0v) is 13.6. The van der Waals surface area contributed by atoms with Gasteiger partial charge in [-0.1, -0.05) is 61.5 Å². The quantitative estimate of drug-likeness (QED) is 0.661. The first-order valence-corrected chi connectivity index (χ1v) is 8.17. The van der Waals surface area contributed by atoms with E-state index in [9.17, 15) is 4.79 Å². The SMILES string of the molecule is CCc1ccc(/C(C)=N/NC(=O)[C@@H]2C[C@@H]2c2ccccc2)cc1. The molecule has 3 nitrogen and oxygen atoms in total. The van der Waals surface area contributed by atoms with Gasteiger partial charge < -0.3 is 0 Å². The summed E-state index contributed by atoms with van der Waals surface area (Å²) in [6.07, 6.45) is 1.94. The van der Waals surface area contributed by atoms with Crippen molar-refractivity contribution in [2.75, 3.05) is 0 Å². The molecule has 1 aliphatic rings. The molecular formula is C20H22N2O. The van der Waals surface area contributed by atoms with E-state index in [4.69, 9.17) is 0 Å². The lowest BCUT2D eigenvalue weighted by Crippen LogP contribution is -2.21. The molecule has 3 rings (SSSR count). The van der Waals surface area contributed by atoms with Crippen molar-refractivity contribution < 1.29 is 4.79 Å². The molecule has 0 heterocycles. The van der Waals surface area contributed by atoms with Crippen molar-refractivity contribution in [1.82, 2.24) is 5.43 Å². The van der Waals surface area contributed by atoms with Crippen molar-refractivity contribution in [2.24, 2.45) is 11.0 Å². The van der Waals surface area contributed by atoms with Crippen molar-refractivity contribution in [2.45, 2.75) is 32.6 Å². The van der Waals surface area contributed by atoms with E-state index in [2.05, 4.69) is 41.7 Å². The van der Waals surface area contributed by atoms with E-state index in [1.54, 1.807) is 0 Å². The van der Waals surface area contributed by atoms with Crippen molar-refractivity contribution in [3.8, 4) is 0 Å². The van der Waals surface area contributed by atoms with Crippen LogP contribution in [0.2, 0.25) is 0 Å². The molecule has 2 atom stereocenters. The highest BCUT2D eigenvalue weighted by atomic mass is 16.2. The summed E-state index contributed by atoms with van der Waals surface area (Å²) < 4.78 is 0. The smallest absolute Gasteiger partial charge is 0.243 e. The van der Waals surface area contributed by atoms with Crippen LogP contribution >= 0.6 is 0 Å². The van der Waals surface area contributed by atoms with Gasteiger partial charge in [0.2, 0.25) is 5.91 Å². The number of hydrazone groups is 1. The van der Waals surface area contributed by atoms with Crippen LogP contribution in [0.15, 0.2) is 59.7 Å². The van der Waals surface area contributed by atoms with Crippen molar-refractivity contribution in [1.29, 1.82) is 0 Å². The molecule has 2 aromatic carbocycles. The summed E-state index contributed by atoms with van der Waals surface area (Å²) in [7, 11) is 0. The standard InChI is InChI=1S/C20H22N2O/c1-3-15-9-11-16(12-10-15)14(2)21-22-20(23)19-13-18(19)17-7-5-4-6-8-17/h4-12,18-19H,3,13H2,1-2H3,(H,22,23)/b21-14+/t18-,19-/m1/s1. The fourth-order valence-corrected chi connectivity index (χ4v) is 2.82. The summed E-state index contributed by atoms with van der Waals surface area (Å²) in [6, 6.07) is 18.5. The Labute approximate surface area is 137 Å². The Morgan fingerprint density at radius 2 is 1.83 bits per heavy atom. The second-order valence-corrected chi connectivity index (χ2v) is 6.08. The predicted molar refractivity (Wildman–Crippen MR) is 93.5 cm³/mol. The Balaban J connectivity index is 1.58. The number of nitrogens with one attached hydrogen (secondary N) is 1. The van der Waals surface area contributed by atoms with E-state index < -0.39 is 0 Å². The summed E-state index contributed by atoms with van der Waals surface area (Å²) in [4.78, 5) is 12.2. The van der Waals surface area contributed by atoms with Gasteiger partial charge in [-0.2, -0.15) is 5.10 Å². The number of amides is 1. The van der Waals surface area contributed by atoms with Gasteiger partial charge in [-0.25, -0.2) is 5.43 Å². The fourth-order valence-electron chi connectivity index (χ4n) is 2.82. The van der Waals surface area contributed by atoms with Crippen LogP contribution in [0.5, 0.6) is 0 Å². The number of nitrogens with zero attached hydrogens (tertiary/aromatic N) is 1. The van der Waals surface area contributed by atoms with Crippen molar-refractivity contribution >= 4 is 11.6 Å². The van der Waals surface area contributed by atoms with Gasteiger partial charge in [0.1, 0.15) is 0 Å². The molecule has 118 valence electrons. The summed E-state index contributed by atoms with van der Waals surface area (Å²) in [5.74, 6) is 0.412. The van der Waals surface area contributed by atoms with Gasteiger partial charge in [0.15, 0.2) is 0 Å². The molecule has 0 radical (unpaired) electrons. The monoisotopic (exact) mass is 306 g/mol. The van der Waals surface area contributed by atoms with Gasteiger partial charge in [-0.15, -0.1) is 0 Å². The molecule has 3 heteroatoms. The van der Waals surface area contributed by atoms with Crippen LogP contribution in [-0.4, -0.2) is 11.6 Å². The lowest BCUT2D eigenvalue weighted by Gasteiger charge is -2.04. The van der Waals surface area contributed by atoms with E-state index in [0.29, 0.717) is 5.92 Å². The molecule has 1 fully saturated rings. The van der Waals surface area contributed by atoms with Gasteiger partial charge in [0.25, 0.3) is 0 Å². The Morgan fingerprint density at radius 1 is 1.13 bits per heavy atom. The minimum absolute atomic E-state index is 0.0170. The maximum atomic E-state index is 12.2. The van der Waals surface area contributed by atoms with Gasteiger partial charge in [0.05, 0.1) is 5.71 Å². The molecule has 0 aromatic heterocycles. The maximum absolute atomic E-state index is 12.2. The molecule has 1 N–H and O–H groups in total. The first-order valence-electron chi connectivity index (χ1n) is 8.17. The number of carbonyl (C=O) groups is 1. The van der Waals surface area contributed by atoms with Crippen LogP contribution in [0.3, 0.4) is 0 Å². The van der Waals surface area contributed by atoms with E-state index in [1.165, 1.54) is 11.1 Å². The molecule has 0 spiro atoms. The minimum atomic E-state index is 0.0170. The number of hydrogen-bond acceptors (Lipinski definition) is 2. The van der Waals surface area contributed by atoms with E-state index in [0.717, 1.165) is 24.1 Å². The van der Waals surface area contributed by atoms with Gasteiger partial charge >= 0.3 is 0 Å². The van der Waals surface area contributed by atoms with Gasteiger partial charge in [-0.05, 0) is 42.4 Å². The highest BCUT2D eigenvalue weighted by molar-refractivity contribution is 5.99. The van der Waals surface area contributed by atoms with Crippen LogP contribution in [0.1, 0.15) is 42.9 Å². The largest absolute Gasteiger partial charge is 0.273 e. The normalized spacial score (nSPS) is 20.2.